The van der Waals surface area contributed by atoms with Gasteiger partial charge in [-0.05, 0) is 43.4 Å². The predicted molar refractivity (Wildman–Crippen MR) is 82.2 cm³/mol. The average Bonchev–Trinajstić information content (AvgIpc) is 3.18. The molecule has 116 valence electrons. The molecule has 3 heterocycles. The number of pyridine rings is 1. The number of nitrogens with zero attached hydrogens (tertiary/aromatic N) is 3. The predicted octanol–water partition coefficient (Wildman–Crippen LogP) is 1.60. The summed E-state index contributed by atoms with van der Waals surface area (Å²) in [5, 5.41) is 3.01. The average molecular weight is 310 g/mol. The summed E-state index contributed by atoms with van der Waals surface area (Å²) in [5.74, 6) is 0.776. The first-order valence-electron chi connectivity index (χ1n) is 7.53. The molecular formula is C14H22N4O2S. The van der Waals surface area contributed by atoms with E-state index in [0.29, 0.717) is 19.6 Å². The van der Waals surface area contributed by atoms with Crippen LogP contribution < -0.4 is 5.32 Å². The van der Waals surface area contributed by atoms with Gasteiger partial charge in [-0.1, -0.05) is 0 Å². The third-order valence-corrected chi connectivity index (χ3v) is 6.36. The summed E-state index contributed by atoms with van der Waals surface area (Å²) < 4.78 is 28.9. The monoisotopic (exact) mass is 310 g/mol. The van der Waals surface area contributed by atoms with Crippen LogP contribution in [0.5, 0.6) is 0 Å². The van der Waals surface area contributed by atoms with Crippen LogP contribution in [0.25, 0.3) is 0 Å². The molecule has 2 saturated heterocycles. The van der Waals surface area contributed by atoms with E-state index in [0.717, 1.165) is 37.1 Å². The molecule has 0 aliphatic carbocycles. The topological polar surface area (TPSA) is 65.5 Å². The first-order chi connectivity index (χ1) is 10.1. The highest BCUT2D eigenvalue weighted by Crippen LogP contribution is 2.36. The Hall–Kier alpha value is -1.18. The molecular weight excluding hydrogens is 288 g/mol. The minimum Gasteiger partial charge on any atom is -0.373 e. The van der Waals surface area contributed by atoms with Crippen molar-refractivity contribution < 1.29 is 8.42 Å². The Balaban J connectivity index is 1.88. The largest absolute Gasteiger partial charge is 0.373 e. The van der Waals surface area contributed by atoms with Crippen molar-refractivity contribution in [3.05, 3.63) is 23.9 Å². The molecule has 0 aromatic carbocycles. The fourth-order valence-electron chi connectivity index (χ4n) is 3.21. The van der Waals surface area contributed by atoms with E-state index in [9.17, 15) is 8.42 Å². The molecule has 2 aliphatic heterocycles. The molecule has 0 radical (unpaired) electrons. The molecule has 0 saturated carbocycles. The van der Waals surface area contributed by atoms with Crippen molar-refractivity contribution in [2.24, 2.45) is 0 Å². The minimum atomic E-state index is -3.33. The Labute approximate surface area is 126 Å². The van der Waals surface area contributed by atoms with Gasteiger partial charge in [0, 0.05) is 32.9 Å². The zero-order valence-electron chi connectivity index (χ0n) is 12.3. The highest BCUT2D eigenvalue weighted by atomic mass is 32.2. The zero-order valence-corrected chi connectivity index (χ0v) is 13.1. The molecule has 3 rings (SSSR count). The Morgan fingerprint density at radius 2 is 2.00 bits per heavy atom. The lowest BCUT2D eigenvalue weighted by Gasteiger charge is -2.28. The lowest BCUT2D eigenvalue weighted by Crippen LogP contribution is -2.42. The molecule has 2 aliphatic rings. The van der Waals surface area contributed by atoms with Gasteiger partial charge in [-0.15, -0.1) is 0 Å². The Kier molecular flexibility index (Phi) is 4.14. The Bertz CT molecular complexity index is 599. The third-order valence-electron chi connectivity index (χ3n) is 4.32. The van der Waals surface area contributed by atoms with Crippen LogP contribution >= 0.6 is 0 Å². The van der Waals surface area contributed by atoms with Crippen molar-refractivity contribution >= 4 is 16.0 Å². The van der Waals surface area contributed by atoms with Crippen LogP contribution in [0, 0.1) is 0 Å². The van der Waals surface area contributed by atoms with Gasteiger partial charge in [0.15, 0.2) is 0 Å². The van der Waals surface area contributed by atoms with E-state index in [4.69, 9.17) is 0 Å². The fraction of sp³-hybridized carbons (Fsp3) is 0.643. The molecule has 0 amide bonds. The SMILES string of the molecule is CNc1cc([C@H]2CCCN2S(=O)(=O)N2CCCC2)ccn1. The second-order valence-corrected chi connectivity index (χ2v) is 7.49. The van der Waals surface area contributed by atoms with Crippen LogP contribution in [-0.4, -0.2) is 48.7 Å². The second-order valence-electron chi connectivity index (χ2n) is 5.61. The third kappa shape index (κ3) is 2.77. The van der Waals surface area contributed by atoms with Crippen LogP contribution in [0.4, 0.5) is 5.82 Å². The Morgan fingerprint density at radius 3 is 2.71 bits per heavy atom. The maximum atomic E-state index is 12.8. The summed E-state index contributed by atoms with van der Waals surface area (Å²) in [5.41, 5.74) is 1.02. The van der Waals surface area contributed by atoms with Crippen molar-refractivity contribution in [3.8, 4) is 0 Å². The molecule has 0 unspecified atom stereocenters. The summed E-state index contributed by atoms with van der Waals surface area (Å²) in [4.78, 5) is 4.20. The highest BCUT2D eigenvalue weighted by Gasteiger charge is 2.39. The highest BCUT2D eigenvalue weighted by molar-refractivity contribution is 7.86. The maximum absolute atomic E-state index is 12.8. The molecule has 1 atom stereocenters. The maximum Gasteiger partial charge on any atom is 0.282 e. The van der Waals surface area contributed by atoms with Crippen LogP contribution in [0.1, 0.15) is 37.3 Å². The first kappa shape index (κ1) is 14.7. The molecule has 0 spiro atoms. The van der Waals surface area contributed by atoms with Crippen LogP contribution in [0.15, 0.2) is 18.3 Å². The number of nitrogens with one attached hydrogen (secondary N) is 1. The van der Waals surface area contributed by atoms with Gasteiger partial charge in [0.1, 0.15) is 5.82 Å². The second kappa shape index (κ2) is 5.90. The minimum absolute atomic E-state index is 0.0642. The summed E-state index contributed by atoms with van der Waals surface area (Å²) in [6.45, 7) is 1.92. The number of hydrogen-bond donors (Lipinski definition) is 1. The summed E-state index contributed by atoms with van der Waals surface area (Å²) in [7, 11) is -1.51. The molecule has 6 nitrogen and oxygen atoms in total. The van der Waals surface area contributed by atoms with Crippen LogP contribution in [-0.2, 0) is 10.2 Å². The van der Waals surface area contributed by atoms with Crippen molar-refractivity contribution in [2.45, 2.75) is 31.7 Å². The van der Waals surface area contributed by atoms with Gasteiger partial charge in [-0.25, -0.2) is 4.98 Å². The van der Waals surface area contributed by atoms with Gasteiger partial charge in [-0.2, -0.15) is 17.0 Å². The van der Waals surface area contributed by atoms with E-state index in [1.165, 1.54) is 0 Å². The quantitative estimate of drug-likeness (QED) is 0.917. The summed E-state index contributed by atoms with van der Waals surface area (Å²) in [6, 6.07) is 3.80. The van der Waals surface area contributed by atoms with Gasteiger partial charge >= 0.3 is 0 Å². The van der Waals surface area contributed by atoms with E-state index in [1.807, 2.05) is 19.2 Å². The first-order valence-corrected chi connectivity index (χ1v) is 8.93. The lowest BCUT2D eigenvalue weighted by atomic mass is 10.1. The van der Waals surface area contributed by atoms with Gasteiger partial charge in [0.25, 0.3) is 10.2 Å². The van der Waals surface area contributed by atoms with E-state index in [1.54, 1.807) is 14.8 Å². The molecule has 0 bridgehead atoms. The van der Waals surface area contributed by atoms with Gasteiger partial charge < -0.3 is 5.32 Å². The van der Waals surface area contributed by atoms with Crippen LogP contribution in [0.2, 0.25) is 0 Å². The fourth-order valence-corrected chi connectivity index (χ4v) is 5.13. The van der Waals surface area contributed by atoms with Gasteiger partial charge in [0.05, 0.1) is 6.04 Å². The van der Waals surface area contributed by atoms with Gasteiger partial charge in [-0.3, -0.25) is 0 Å². The van der Waals surface area contributed by atoms with Crippen molar-refractivity contribution in [3.63, 3.8) is 0 Å². The Morgan fingerprint density at radius 1 is 1.24 bits per heavy atom. The lowest BCUT2D eigenvalue weighted by molar-refractivity contribution is 0.349. The van der Waals surface area contributed by atoms with E-state index >= 15 is 0 Å². The summed E-state index contributed by atoms with van der Waals surface area (Å²) >= 11 is 0. The van der Waals surface area contributed by atoms with E-state index in [-0.39, 0.29) is 6.04 Å². The van der Waals surface area contributed by atoms with Gasteiger partial charge in [0.2, 0.25) is 0 Å². The molecule has 2 fully saturated rings. The summed E-state index contributed by atoms with van der Waals surface area (Å²) in [6.07, 6.45) is 5.46. The van der Waals surface area contributed by atoms with Crippen molar-refractivity contribution in [2.75, 3.05) is 32.0 Å². The molecule has 1 aromatic heterocycles. The zero-order chi connectivity index (χ0) is 14.9. The van der Waals surface area contributed by atoms with E-state index < -0.39 is 10.2 Å². The molecule has 1 N–H and O–H groups in total. The standard InChI is InChI=1S/C14H22N4O2S/c1-15-14-11-12(6-7-16-14)13-5-4-10-18(13)21(19,20)17-8-2-3-9-17/h6-7,11,13H,2-5,8-10H2,1H3,(H,15,16)/t13-/m1/s1. The number of hydrogen-bond acceptors (Lipinski definition) is 4. The van der Waals surface area contributed by atoms with E-state index in [2.05, 4.69) is 10.3 Å². The van der Waals surface area contributed by atoms with Crippen LogP contribution in [0.3, 0.4) is 0 Å². The smallest absolute Gasteiger partial charge is 0.282 e. The molecule has 7 heteroatoms. The molecule has 1 aromatic rings. The van der Waals surface area contributed by atoms with Crippen molar-refractivity contribution in [1.82, 2.24) is 13.6 Å². The molecule has 21 heavy (non-hydrogen) atoms. The van der Waals surface area contributed by atoms with Crippen molar-refractivity contribution in [1.29, 1.82) is 0 Å². The number of aromatic nitrogens is 1. The number of rotatable bonds is 4. The normalized spacial score (nSPS) is 24.5. The number of anilines is 1.